The van der Waals surface area contributed by atoms with Crippen LogP contribution in [0.2, 0.25) is 0 Å². The van der Waals surface area contributed by atoms with Crippen LogP contribution in [-0.4, -0.2) is 67.0 Å². The van der Waals surface area contributed by atoms with Crippen molar-refractivity contribution in [2.45, 2.75) is 6.54 Å². The molecule has 2 rings (SSSR count). The normalized spacial score (nSPS) is 15.0. The molecular formula is C13H19BrN4O2S. The second-order valence-electron chi connectivity index (χ2n) is 5.04. The number of carbonyl (C=O) groups excluding carboxylic acids is 2. The third kappa shape index (κ3) is 4.34. The predicted octanol–water partition coefficient (Wildman–Crippen LogP) is 2.02. The number of rotatable bonds is 2. The minimum absolute atomic E-state index is 0.00139. The van der Waals surface area contributed by atoms with E-state index in [-0.39, 0.29) is 12.1 Å². The summed E-state index contributed by atoms with van der Waals surface area (Å²) in [5.41, 5.74) is 0. The van der Waals surface area contributed by atoms with Gasteiger partial charge in [-0.2, -0.15) is 0 Å². The van der Waals surface area contributed by atoms with Crippen LogP contribution in [0.25, 0.3) is 0 Å². The van der Waals surface area contributed by atoms with Gasteiger partial charge in [0.1, 0.15) is 0 Å². The van der Waals surface area contributed by atoms with E-state index in [0.29, 0.717) is 32.7 Å². The number of nitrogens with one attached hydrogen (secondary N) is 1. The van der Waals surface area contributed by atoms with Gasteiger partial charge in [0, 0.05) is 55.0 Å². The average Bonchev–Trinajstić information content (AvgIpc) is 2.89. The fourth-order valence-corrected chi connectivity index (χ4v) is 3.50. The molecule has 8 heteroatoms. The molecule has 1 aromatic heterocycles. The lowest BCUT2D eigenvalue weighted by Crippen LogP contribution is -2.54. The highest BCUT2D eigenvalue weighted by Crippen LogP contribution is 2.19. The third-order valence-electron chi connectivity index (χ3n) is 3.26. The molecular weight excluding hydrogens is 356 g/mol. The lowest BCUT2D eigenvalue weighted by atomic mass is 10.3. The van der Waals surface area contributed by atoms with Gasteiger partial charge in [0.25, 0.3) is 0 Å². The maximum absolute atomic E-state index is 12.1. The molecule has 21 heavy (non-hydrogen) atoms. The molecule has 1 N–H and O–H groups in total. The van der Waals surface area contributed by atoms with Gasteiger partial charge >= 0.3 is 12.1 Å². The molecule has 6 nitrogen and oxygen atoms in total. The number of piperazine rings is 1. The number of thiophene rings is 1. The summed E-state index contributed by atoms with van der Waals surface area (Å²) in [6.45, 7) is 2.83. The van der Waals surface area contributed by atoms with E-state index < -0.39 is 0 Å². The molecule has 0 saturated carbocycles. The zero-order valence-electron chi connectivity index (χ0n) is 12.1. The number of hydrogen-bond acceptors (Lipinski definition) is 3. The van der Waals surface area contributed by atoms with Crippen molar-refractivity contribution < 1.29 is 9.59 Å². The van der Waals surface area contributed by atoms with Gasteiger partial charge < -0.3 is 20.0 Å². The Hall–Kier alpha value is -1.28. The second kappa shape index (κ2) is 7.13. The van der Waals surface area contributed by atoms with Gasteiger partial charge in [0.05, 0.1) is 6.54 Å². The molecule has 0 spiro atoms. The Balaban J connectivity index is 1.76. The molecule has 4 amide bonds. The van der Waals surface area contributed by atoms with Crippen LogP contribution in [0.15, 0.2) is 15.9 Å². The monoisotopic (exact) mass is 374 g/mol. The molecule has 1 aliphatic heterocycles. The smallest absolute Gasteiger partial charge is 0.319 e. The van der Waals surface area contributed by atoms with E-state index in [0.717, 1.165) is 9.35 Å². The fraction of sp³-hybridized carbons (Fsp3) is 0.538. The first-order chi connectivity index (χ1) is 9.97. The predicted molar refractivity (Wildman–Crippen MR) is 86.5 cm³/mol. The van der Waals surface area contributed by atoms with Crippen molar-refractivity contribution >= 4 is 39.3 Å². The van der Waals surface area contributed by atoms with E-state index in [1.807, 2.05) is 11.4 Å². The fourth-order valence-electron chi connectivity index (χ4n) is 2.10. The maximum atomic E-state index is 12.1. The Morgan fingerprint density at radius 1 is 1.29 bits per heavy atom. The molecule has 1 aliphatic rings. The summed E-state index contributed by atoms with van der Waals surface area (Å²) in [7, 11) is 3.47. The molecule has 1 saturated heterocycles. The number of hydrogen-bond donors (Lipinski definition) is 1. The Labute approximate surface area is 136 Å². The zero-order valence-corrected chi connectivity index (χ0v) is 14.5. The SMILES string of the molecule is CN(C)C(=O)N1CCN(C(=O)NCc2cc(Br)cs2)CC1. The quantitative estimate of drug-likeness (QED) is 0.860. The van der Waals surface area contributed by atoms with E-state index in [9.17, 15) is 9.59 Å². The van der Waals surface area contributed by atoms with Crippen molar-refractivity contribution in [2.75, 3.05) is 40.3 Å². The second-order valence-corrected chi connectivity index (χ2v) is 6.95. The van der Waals surface area contributed by atoms with Crippen LogP contribution in [0.1, 0.15) is 4.88 Å². The van der Waals surface area contributed by atoms with Crippen molar-refractivity contribution in [1.29, 1.82) is 0 Å². The zero-order chi connectivity index (χ0) is 15.4. The maximum Gasteiger partial charge on any atom is 0.319 e. The summed E-state index contributed by atoms with van der Waals surface area (Å²) in [6.07, 6.45) is 0. The van der Waals surface area contributed by atoms with E-state index in [2.05, 4.69) is 21.2 Å². The lowest BCUT2D eigenvalue weighted by molar-refractivity contribution is 0.128. The van der Waals surface area contributed by atoms with Gasteiger partial charge in [-0.15, -0.1) is 11.3 Å². The van der Waals surface area contributed by atoms with Crippen LogP contribution in [0, 0.1) is 0 Å². The Morgan fingerprint density at radius 3 is 2.43 bits per heavy atom. The molecule has 0 atom stereocenters. The number of amides is 4. The number of urea groups is 2. The van der Waals surface area contributed by atoms with Crippen LogP contribution < -0.4 is 5.32 Å². The molecule has 0 unspecified atom stereocenters. The van der Waals surface area contributed by atoms with Crippen LogP contribution in [0.5, 0.6) is 0 Å². The molecule has 2 heterocycles. The number of halogens is 1. The summed E-state index contributed by atoms with van der Waals surface area (Å²) >= 11 is 5.00. The van der Waals surface area contributed by atoms with Gasteiger partial charge in [0.2, 0.25) is 0 Å². The van der Waals surface area contributed by atoms with E-state index >= 15 is 0 Å². The topological polar surface area (TPSA) is 55.9 Å². The third-order valence-corrected chi connectivity index (χ3v) is 4.95. The summed E-state index contributed by atoms with van der Waals surface area (Å²) in [6, 6.07) is 1.92. The highest BCUT2D eigenvalue weighted by Gasteiger charge is 2.24. The molecule has 116 valence electrons. The molecule has 0 aromatic carbocycles. The summed E-state index contributed by atoms with van der Waals surface area (Å²) in [5.74, 6) is 0. The highest BCUT2D eigenvalue weighted by molar-refractivity contribution is 9.10. The van der Waals surface area contributed by atoms with Crippen molar-refractivity contribution in [1.82, 2.24) is 20.0 Å². The van der Waals surface area contributed by atoms with E-state index in [1.165, 1.54) is 0 Å². The summed E-state index contributed by atoms with van der Waals surface area (Å²) in [5, 5.41) is 4.90. The minimum atomic E-state index is -0.0727. The van der Waals surface area contributed by atoms with Crippen LogP contribution in [0.3, 0.4) is 0 Å². The average molecular weight is 375 g/mol. The molecule has 0 aliphatic carbocycles. The van der Waals surface area contributed by atoms with Crippen molar-refractivity contribution in [3.63, 3.8) is 0 Å². The Bertz CT molecular complexity index is 512. The van der Waals surface area contributed by atoms with E-state index in [1.54, 1.807) is 40.1 Å². The van der Waals surface area contributed by atoms with Gasteiger partial charge in [-0.05, 0) is 22.0 Å². The van der Waals surface area contributed by atoms with Crippen LogP contribution in [-0.2, 0) is 6.54 Å². The van der Waals surface area contributed by atoms with Gasteiger partial charge in [-0.25, -0.2) is 9.59 Å². The summed E-state index contributed by atoms with van der Waals surface area (Å²) in [4.78, 5) is 30.1. The minimum Gasteiger partial charge on any atom is -0.333 e. The molecule has 0 bridgehead atoms. The van der Waals surface area contributed by atoms with Crippen LogP contribution in [0.4, 0.5) is 9.59 Å². The standard InChI is InChI=1S/C13H19BrN4O2S/c1-16(2)13(20)18-5-3-17(4-6-18)12(19)15-8-11-7-10(14)9-21-11/h7,9H,3-6,8H2,1-2H3,(H,15,19). The number of nitrogens with zero attached hydrogens (tertiary/aromatic N) is 3. The lowest BCUT2D eigenvalue weighted by Gasteiger charge is -2.35. The summed E-state index contributed by atoms with van der Waals surface area (Å²) < 4.78 is 1.03. The largest absolute Gasteiger partial charge is 0.333 e. The Kier molecular flexibility index (Phi) is 5.46. The first-order valence-corrected chi connectivity index (χ1v) is 8.36. The highest BCUT2D eigenvalue weighted by atomic mass is 79.9. The molecule has 0 radical (unpaired) electrons. The van der Waals surface area contributed by atoms with Gasteiger partial charge in [-0.3, -0.25) is 0 Å². The number of carbonyl (C=O) groups is 2. The van der Waals surface area contributed by atoms with Gasteiger partial charge in [0.15, 0.2) is 0 Å². The molecule has 1 aromatic rings. The molecule has 1 fully saturated rings. The van der Waals surface area contributed by atoms with Crippen LogP contribution >= 0.6 is 27.3 Å². The first-order valence-electron chi connectivity index (χ1n) is 6.69. The van der Waals surface area contributed by atoms with E-state index in [4.69, 9.17) is 0 Å². The Morgan fingerprint density at radius 2 is 1.90 bits per heavy atom. The van der Waals surface area contributed by atoms with Crippen molar-refractivity contribution in [3.8, 4) is 0 Å². The van der Waals surface area contributed by atoms with Gasteiger partial charge in [-0.1, -0.05) is 0 Å². The first kappa shape index (κ1) is 16.1. The van der Waals surface area contributed by atoms with Crippen molar-refractivity contribution in [3.05, 3.63) is 20.8 Å². The van der Waals surface area contributed by atoms with Crippen molar-refractivity contribution in [2.24, 2.45) is 0 Å².